The summed E-state index contributed by atoms with van der Waals surface area (Å²) < 4.78 is 9.93. The Morgan fingerprint density at radius 3 is 2.50 bits per heavy atom. The van der Waals surface area contributed by atoms with Crippen LogP contribution in [0.3, 0.4) is 0 Å². The monoisotopic (exact) mass is 205 g/mol. The molecule has 0 saturated heterocycles. The van der Waals surface area contributed by atoms with Crippen LogP contribution in [0.2, 0.25) is 0 Å². The van der Waals surface area contributed by atoms with Crippen LogP contribution in [-0.2, 0) is 14.3 Å². The summed E-state index contributed by atoms with van der Waals surface area (Å²) in [7, 11) is 0. The molecular formula is C9H19NO4. The minimum absolute atomic E-state index is 0.0650. The number of carbonyl (C=O) groups is 1. The second-order valence-electron chi connectivity index (χ2n) is 3.94. The Morgan fingerprint density at radius 2 is 2.07 bits per heavy atom. The zero-order valence-electron chi connectivity index (χ0n) is 8.95. The summed E-state index contributed by atoms with van der Waals surface area (Å²) in [6.07, 6.45) is 0. The maximum atomic E-state index is 11.3. The highest BCUT2D eigenvalue weighted by Crippen LogP contribution is 2.07. The minimum Gasteiger partial charge on any atom is -0.459 e. The SMILES string of the molecule is CC(C)(C)OC(=O)[C@@H](N)COCCO. The quantitative estimate of drug-likeness (QED) is 0.474. The first-order chi connectivity index (χ1) is 6.37. The number of hydrogen-bond donors (Lipinski definition) is 2. The fourth-order valence-corrected chi connectivity index (χ4v) is 0.720. The Labute approximate surface area is 84.2 Å². The van der Waals surface area contributed by atoms with Gasteiger partial charge in [-0.2, -0.15) is 0 Å². The van der Waals surface area contributed by atoms with Crippen molar-refractivity contribution in [3.05, 3.63) is 0 Å². The number of ether oxygens (including phenoxy) is 2. The predicted octanol–water partition coefficient (Wildman–Crippen LogP) is -0.336. The summed E-state index contributed by atoms with van der Waals surface area (Å²) in [5, 5.41) is 8.42. The summed E-state index contributed by atoms with van der Waals surface area (Å²) in [6, 6.07) is -0.791. The van der Waals surface area contributed by atoms with Crippen molar-refractivity contribution in [2.45, 2.75) is 32.4 Å². The van der Waals surface area contributed by atoms with E-state index in [1.807, 2.05) is 0 Å². The number of nitrogens with two attached hydrogens (primary N) is 1. The molecule has 0 aliphatic heterocycles. The normalized spacial score (nSPS) is 13.8. The van der Waals surface area contributed by atoms with Crippen molar-refractivity contribution in [2.75, 3.05) is 19.8 Å². The Hall–Kier alpha value is -0.650. The van der Waals surface area contributed by atoms with Crippen molar-refractivity contribution < 1.29 is 19.4 Å². The second-order valence-corrected chi connectivity index (χ2v) is 3.94. The summed E-state index contributed by atoms with van der Waals surface area (Å²) in [4.78, 5) is 11.3. The number of hydrogen-bond acceptors (Lipinski definition) is 5. The van der Waals surface area contributed by atoms with Gasteiger partial charge in [0.2, 0.25) is 0 Å². The van der Waals surface area contributed by atoms with Gasteiger partial charge >= 0.3 is 5.97 Å². The molecule has 0 fully saturated rings. The second kappa shape index (κ2) is 5.95. The first-order valence-electron chi connectivity index (χ1n) is 4.54. The maximum Gasteiger partial charge on any atom is 0.325 e. The molecule has 3 N–H and O–H groups in total. The van der Waals surface area contributed by atoms with E-state index in [9.17, 15) is 4.79 Å². The van der Waals surface area contributed by atoms with Crippen LogP contribution >= 0.6 is 0 Å². The summed E-state index contributed by atoms with van der Waals surface area (Å²) >= 11 is 0. The van der Waals surface area contributed by atoms with Crippen LogP contribution in [-0.4, -0.2) is 42.5 Å². The molecule has 5 nitrogen and oxygen atoms in total. The molecule has 84 valence electrons. The van der Waals surface area contributed by atoms with Crippen molar-refractivity contribution in [3.63, 3.8) is 0 Å². The molecule has 0 heterocycles. The zero-order valence-corrected chi connectivity index (χ0v) is 8.95. The summed E-state index contributed by atoms with van der Waals surface area (Å²) in [5.74, 6) is -0.490. The average molecular weight is 205 g/mol. The van der Waals surface area contributed by atoms with Crippen molar-refractivity contribution in [1.82, 2.24) is 0 Å². The van der Waals surface area contributed by atoms with Crippen LogP contribution < -0.4 is 5.73 Å². The molecule has 0 spiro atoms. The largest absolute Gasteiger partial charge is 0.459 e. The van der Waals surface area contributed by atoms with Crippen LogP contribution in [0.25, 0.3) is 0 Å². The maximum absolute atomic E-state index is 11.3. The van der Waals surface area contributed by atoms with E-state index in [-0.39, 0.29) is 19.8 Å². The van der Waals surface area contributed by atoms with Gasteiger partial charge in [0.25, 0.3) is 0 Å². The standard InChI is InChI=1S/C9H19NO4/c1-9(2,3)14-8(12)7(10)6-13-5-4-11/h7,11H,4-6,10H2,1-3H3/t7-/m0/s1. The van der Waals surface area contributed by atoms with Gasteiger partial charge in [-0.3, -0.25) is 4.79 Å². The topological polar surface area (TPSA) is 81.8 Å². The third-order valence-corrected chi connectivity index (χ3v) is 1.24. The van der Waals surface area contributed by atoms with Crippen LogP contribution in [0.1, 0.15) is 20.8 Å². The Morgan fingerprint density at radius 1 is 1.50 bits per heavy atom. The number of rotatable bonds is 5. The average Bonchev–Trinajstić information content (AvgIpc) is 2.01. The molecule has 0 unspecified atom stereocenters. The molecule has 0 aromatic rings. The Bertz CT molecular complexity index is 176. The van der Waals surface area contributed by atoms with Gasteiger partial charge < -0.3 is 20.3 Å². The molecule has 0 aromatic carbocycles. The van der Waals surface area contributed by atoms with Gasteiger partial charge in [0, 0.05) is 0 Å². The minimum atomic E-state index is -0.791. The molecule has 0 bridgehead atoms. The van der Waals surface area contributed by atoms with Gasteiger partial charge in [-0.25, -0.2) is 0 Å². The highest BCUT2D eigenvalue weighted by atomic mass is 16.6. The fraction of sp³-hybridized carbons (Fsp3) is 0.889. The van der Waals surface area contributed by atoms with Crippen molar-refractivity contribution in [2.24, 2.45) is 5.73 Å². The third-order valence-electron chi connectivity index (χ3n) is 1.24. The van der Waals surface area contributed by atoms with Crippen LogP contribution in [0.15, 0.2) is 0 Å². The van der Waals surface area contributed by atoms with Crippen molar-refractivity contribution >= 4 is 5.97 Å². The molecule has 0 amide bonds. The zero-order chi connectivity index (χ0) is 11.2. The van der Waals surface area contributed by atoms with Crippen molar-refractivity contribution in [3.8, 4) is 0 Å². The van der Waals surface area contributed by atoms with Gasteiger partial charge in [-0.05, 0) is 20.8 Å². The lowest BCUT2D eigenvalue weighted by molar-refractivity contribution is -0.158. The van der Waals surface area contributed by atoms with E-state index < -0.39 is 17.6 Å². The first kappa shape index (κ1) is 13.4. The molecular weight excluding hydrogens is 186 g/mol. The lowest BCUT2D eigenvalue weighted by Gasteiger charge is -2.22. The van der Waals surface area contributed by atoms with Crippen LogP contribution in [0.5, 0.6) is 0 Å². The number of aliphatic hydroxyl groups is 1. The van der Waals surface area contributed by atoms with E-state index >= 15 is 0 Å². The number of aliphatic hydroxyl groups excluding tert-OH is 1. The molecule has 0 aliphatic rings. The molecule has 0 saturated carbocycles. The van der Waals surface area contributed by atoms with Gasteiger partial charge in [0.1, 0.15) is 11.6 Å². The van der Waals surface area contributed by atoms with Gasteiger partial charge in [-0.1, -0.05) is 0 Å². The van der Waals surface area contributed by atoms with E-state index in [1.165, 1.54) is 0 Å². The third kappa shape index (κ3) is 6.82. The first-order valence-corrected chi connectivity index (χ1v) is 4.54. The van der Waals surface area contributed by atoms with Gasteiger partial charge in [0.15, 0.2) is 0 Å². The van der Waals surface area contributed by atoms with E-state index in [1.54, 1.807) is 20.8 Å². The van der Waals surface area contributed by atoms with E-state index in [0.717, 1.165) is 0 Å². The van der Waals surface area contributed by atoms with E-state index in [4.69, 9.17) is 20.3 Å². The lowest BCUT2D eigenvalue weighted by atomic mass is 10.2. The van der Waals surface area contributed by atoms with Crippen molar-refractivity contribution in [1.29, 1.82) is 0 Å². The smallest absolute Gasteiger partial charge is 0.325 e. The van der Waals surface area contributed by atoms with E-state index in [2.05, 4.69) is 0 Å². The molecule has 5 heteroatoms. The lowest BCUT2D eigenvalue weighted by Crippen LogP contribution is -2.40. The number of esters is 1. The highest BCUT2D eigenvalue weighted by Gasteiger charge is 2.21. The Balaban J connectivity index is 3.77. The van der Waals surface area contributed by atoms with Crippen LogP contribution in [0, 0.1) is 0 Å². The van der Waals surface area contributed by atoms with Gasteiger partial charge in [-0.15, -0.1) is 0 Å². The Kier molecular flexibility index (Phi) is 5.68. The fourth-order valence-electron chi connectivity index (χ4n) is 0.720. The highest BCUT2D eigenvalue weighted by molar-refractivity contribution is 5.76. The molecule has 0 radical (unpaired) electrons. The number of carbonyl (C=O) groups excluding carboxylic acids is 1. The summed E-state index contributed by atoms with van der Waals surface area (Å²) in [6.45, 7) is 5.47. The van der Waals surface area contributed by atoms with Crippen LogP contribution in [0.4, 0.5) is 0 Å². The molecule has 0 aliphatic carbocycles. The van der Waals surface area contributed by atoms with E-state index in [0.29, 0.717) is 0 Å². The molecule has 1 atom stereocenters. The van der Waals surface area contributed by atoms with Gasteiger partial charge in [0.05, 0.1) is 19.8 Å². The summed E-state index contributed by atoms with van der Waals surface area (Å²) in [5.41, 5.74) is 4.95. The molecule has 0 aromatic heterocycles. The predicted molar refractivity (Wildman–Crippen MR) is 51.7 cm³/mol. The molecule has 0 rings (SSSR count). The molecule has 14 heavy (non-hydrogen) atoms.